The molecule has 1 aromatic carbocycles. The van der Waals surface area contributed by atoms with Gasteiger partial charge in [-0.25, -0.2) is 4.98 Å². The van der Waals surface area contributed by atoms with E-state index in [1.807, 2.05) is 18.2 Å². The number of fused-ring (bicyclic) bond motifs is 3. The van der Waals surface area contributed by atoms with Gasteiger partial charge in [-0.3, -0.25) is 9.59 Å². The van der Waals surface area contributed by atoms with E-state index in [4.69, 9.17) is 0 Å². The molecule has 1 amide bonds. The van der Waals surface area contributed by atoms with Gasteiger partial charge in [-0.15, -0.1) is 34.9 Å². The van der Waals surface area contributed by atoms with Gasteiger partial charge in [0.05, 0.1) is 16.9 Å². The molecule has 1 aliphatic carbocycles. The van der Waals surface area contributed by atoms with E-state index in [9.17, 15) is 9.59 Å². The maximum Gasteiger partial charge on any atom is 0.259 e. The lowest BCUT2D eigenvalue weighted by Crippen LogP contribution is -2.26. The summed E-state index contributed by atoms with van der Waals surface area (Å²) >= 11 is 4.93. The molecule has 2 heterocycles. The number of thiophene rings is 1. The molecule has 0 aliphatic heterocycles. The van der Waals surface area contributed by atoms with Crippen LogP contribution < -0.4 is 10.9 Å². The second-order valence-corrected chi connectivity index (χ2v) is 10.1. The quantitative estimate of drug-likeness (QED) is 0.385. The first-order valence-electron chi connectivity index (χ1n) is 9.76. The number of carbonyl (C=O) groups is 1. The van der Waals surface area contributed by atoms with Crippen molar-refractivity contribution in [1.82, 2.24) is 15.3 Å². The summed E-state index contributed by atoms with van der Waals surface area (Å²) in [6.07, 6.45) is 4.11. The van der Waals surface area contributed by atoms with Crippen LogP contribution in [0.15, 0.2) is 40.0 Å². The minimum absolute atomic E-state index is 0.0261. The van der Waals surface area contributed by atoms with Crippen LogP contribution in [0.25, 0.3) is 10.2 Å². The molecule has 1 aliphatic rings. The van der Waals surface area contributed by atoms with Crippen LogP contribution in [0.4, 0.5) is 0 Å². The number of carbonyl (C=O) groups excluding carboxylic acids is 1. The van der Waals surface area contributed by atoms with E-state index < -0.39 is 0 Å². The third-order valence-corrected chi connectivity index (χ3v) is 7.98. The lowest BCUT2D eigenvalue weighted by atomic mass is 10.2. The summed E-state index contributed by atoms with van der Waals surface area (Å²) in [5.41, 5.74) is 1.16. The van der Waals surface area contributed by atoms with Crippen molar-refractivity contribution in [3.05, 3.63) is 57.0 Å². The highest BCUT2D eigenvalue weighted by Gasteiger charge is 2.21. The summed E-state index contributed by atoms with van der Waals surface area (Å²) in [6.45, 7) is 0.682. The lowest BCUT2D eigenvalue weighted by molar-refractivity contribution is -0.118. The fourth-order valence-corrected chi connectivity index (χ4v) is 6.29. The molecule has 0 fully saturated rings. The van der Waals surface area contributed by atoms with E-state index in [0.717, 1.165) is 41.7 Å². The van der Waals surface area contributed by atoms with Gasteiger partial charge in [0, 0.05) is 16.3 Å². The Morgan fingerprint density at radius 2 is 2.10 bits per heavy atom. The number of amides is 1. The van der Waals surface area contributed by atoms with E-state index in [2.05, 4.69) is 27.4 Å². The molecule has 3 aromatic rings. The zero-order chi connectivity index (χ0) is 20.1. The molecule has 0 radical (unpaired) electrons. The van der Waals surface area contributed by atoms with Crippen LogP contribution in [0.2, 0.25) is 0 Å². The van der Waals surface area contributed by atoms with Crippen molar-refractivity contribution in [3.8, 4) is 0 Å². The summed E-state index contributed by atoms with van der Waals surface area (Å²) in [7, 11) is 0. The number of aryl methyl sites for hydroxylation is 2. The molecular formula is C21H23N3O2S3. The number of nitrogens with one attached hydrogen (secondary N) is 2. The molecule has 0 saturated heterocycles. The molecule has 8 heteroatoms. The summed E-state index contributed by atoms with van der Waals surface area (Å²) in [5, 5.41) is 3.74. The van der Waals surface area contributed by atoms with Crippen molar-refractivity contribution in [2.75, 3.05) is 18.1 Å². The molecule has 0 unspecified atom stereocenters. The Balaban J connectivity index is 1.18. The van der Waals surface area contributed by atoms with Crippen LogP contribution in [-0.2, 0) is 23.4 Å². The van der Waals surface area contributed by atoms with Gasteiger partial charge in [0.25, 0.3) is 5.56 Å². The lowest BCUT2D eigenvalue weighted by Gasteiger charge is -2.05. The Labute approximate surface area is 182 Å². The number of aromatic nitrogens is 2. The van der Waals surface area contributed by atoms with E-state index in [1.54, 1.807) is 23.1 Å². The molecule has 152 valence electrons. The Morgan fingerprint density at radius 3 is 2.97 bits per heavy atom. The maximum absolute atomic E-state index is 12.4. The Hall–Kier alpha value is -1.77. The van der Waals surface area contributed by atoms with Crippen LogP contribution in [0, 0.1) is 0 Å². The highest BCUT2D eigenvalue weighted by atomic mass is 32.2. The zero-order valence-corrected chi connectivity index (χ0v) is 18.5. The third-order valence-electron chi connectivity index (χ3n) is 4.75. The van der Waals surface area contributed by atoms with Crippen molar-refractivity contribution in [3.63, 3.8) is 0 Å². The first-order valence-corrected chi connectivity index (χ1v) is 12.7. The van der Waals surface area contributed by atoms with Gasteiger partial charge in [0.2, 0.25) is 5.91 Å². The first-order chi connectivity index (χ1) is 14.2. The van der Waals surface area contributed by atoms with Crippen LogP contribution in [-0.4, -0.2) is 33.9 Å². The number of thioether (sulfide) groups is 2. The molecule has 0 saturated carbocycles. The van der Waals surface area contributed by atoms with Crippen molar-refractivity contribution >= 4 is 51.0 Å². The molecular weight excluding hydrogens is 422 g/mol. The largest absolute Gasteiger partial charge is 0.355 e. The summed E-state index contributed by atoms with van der Waals surface area (Å²) in [5.74, 6) is 2.56. The highest BCUT2D eigenvalue weighted by Crippen LogP contribution is 2.34. The van der Waals surface area contributed by atoms with Gasteiger partial charge in [-0.05, 0) is 49.1 Å². The first kappa shape index (κ1) is 20.5. The monoisotopic (exact) mass is 445 g/mol. The van der Waals surface area contributed by atoms with Crippen LogP contribution >= 0.6 is 34.9 Å². The predicted octanol–water partition coefficient (Wildman–Crippen LogP) is 4.01. The predicted molar refractivity (Wildman–Crippen MR) is 123 cm³/mol. The summed E-state index contributed by atoms with van der Waals surface area (Å²) in [4.78, 5) is 35.4. The molecule has 0 spiro atoms. The second kappa shape index (κ2) is 9.82. The van der Waals surface area contributed by atoms with E-state index in [0.29, 0.717) is 23.9 Å². The average Bonchev–Trinajstić information content (AvgIpc) is 3.29. The van der Waals surface area contributed by atoms with Gasteiger partial charge in [0.1, 0.15) is 10.7 Å². The fraction of sp³-hybridized carbons (Fsp3) is 0.381. The van der Waals surface area contributed by atoms with Crippen LogP contribution in [0.3, 0.4) is 0 Å². The second-order valence-electron chi connectivity index (χ2n) is 6.91. The van der Waals surface area contributed by atoms with E-state index >= 15 is 0 Å². The van der Waals surface area contributed by atoms with Crippen molar-refractivity contribution < 1.29 is 4.79 Å². The number of H-pyrrole nitrogens is 1. The number of aromatic amines is 1. The Bertz CT molecular complexity index is 1050. The molecule has 2 N–H and O–H groups in total. The molecule has 5 nitrogen and oxygen atoms in total. The number of nitrogens with zero attached hydrogens (tertiary/aromatic N) is 1. The number of benzene rings is 1. The smallest absolute Gasteiger partial charge is 0.259 e. The topological polar surface area (TPSA) is 74.8 Å². The SMILES string of the molecule is O=C(CSCc1nc2sc3c(c2c(=O)[nH]1)CCC3)NCCCSc1ccccc1. The molecule has 2 aromatic heterocycles. The van der Waals surface area contributed by atoms with Crippen molar-refractivity contribution in [2.45, 2.75) is 36.3 Å². The molecule has 0 bridgehead atoms. The standard InChI is InChI=1S/C21H23N3O2S3/c25-18(22-10-5-11-28-14-6-2-1-3-7-14)13-27-12-17-23-20(26)19-15-8-4-9-16(15)29-21(19)24-17/h1-3,6-7H,4-5,8-13H2,(H,22,25)(H,23,24,26). The molecule has 4 rings (SSSR count). The van der Waals surface area contributed by atoms with Crippen LogP contribution in [0.5, 0.6) is 0 Å². The van der Waals surface area contributed by atoms with Gasteiger partial charge < -0.3 is 10.3 Å². The van der Waals surface area contributed by atoms with Gasteiger partial charge in [-0.2, -0.15) is 0 Å². The van der Waals surface area contributed by atoms with E-state index in [-0.39, 0.29) is 11.5 Å². The van der Waals surface area contributed by atoms with E-state index in [1.165, 1.54) is 27.1 Å². The van der Waals surface area contributed by atoms with Gasteiger partial charge in [0.15, 0.2) is 0 Å². The summed E-state index contributed by atoms with van der Waals surface area (Å²) < 4.78 is 0. The zero-order valence-electron chi connectivity index (χ0n) is 16.0. The molecule has 0 atom stereocenters. The fourth-order valence-electron chi connectivity index (χ4n) is 3.41. The van der Waals surface area contributed by atoms with Gasteiger partial charge >= 0.3 is 0 Å². The van der Waals surface area contributed by atoms with Crippen LogP contribution in [0.1, 0.15) is 29.1 Å². The summed E-state index contributed by atoms with van der Waals surface area (Å²) in [6, 6.07) is 10.3. The molecule has 29 heavy (non-hydrogen) atoms. The number of rotatable bonds is 9. The van der Waals surface area contributed by atoms with Crippen molar-refractivity contribution in [2.24, 2.45) is 0 Å². The Morgan fingerprint density at radius 1 is 1.24 bits per heavy atom. The number of hydrogen-bond acceptors (Lipinski definition) is 6. The average molecular weight is 446 g/mol. The third kappa shape index (κ3) is 5.24. The minimum Gasteiger partial charge on any atom is -0.355 e. The highest BCUT2D eigenvalue weighted by molar-refractivity contribution is 7.99. The minimum atomic E-state index is -0.0367. The van der Waals surface area contributed by atoms with Crippen molar-refractivity contribution in [1.29, 1.82) is 0 Å². The maximum atomic E-state index is 12.4. The normalized spacial score (nSPS) is 13.0. The Kier molecular flexibility index (Phi) is 6.94. The van der Waals surface area contributed by atoms with Gasteiger partial charge in [-0.1, -0.05) is 18.2 Å². The number of hydrogen-bond donors (Lipinski definition) is 2.